The predicted octanol–water partition coefficient (Wildman–Crippen LogP) is 3.48. The van der Waals surface area contributed by atoms with E-state index in [0.717, 1.165) is 6.08 Å². The highest BCUT2D eigenvalue weighted by Crippen LogP contribution is 2.30. The lowest BCUT2D eigenvalue weighted by molar-refractivity contribution is -0.0890. The van der Waals surface area contributed by atoms with Crippen LogP contribution in [0.5, 0.6) is 0 Å². The minimum atomic E-state index is -4.49. The molecule has 0 bridgehead atoms. The van der Waals surface area contributed by atoms with Crippen LogP contribution in [0.4, 0.5) is 13.2 Å². The predicted molar refractivity (Wildman–Crippen MR) is 51.7 cm³/mol. The Labute approximate surface area is 85.7 Å². The molecule has 0 fully saturated rings. The molecule has 0 aliphatic rings. The summed E-state index contributed by atoms with van der Waals surface area (Å²) in [7, 11) is 0. The zero-order valence-corrected chi connectivity index (χ0v) is 8.63. The minimum absolute atomic E-state index is 0.0536. The van der Waals surface area contributed by atoms with Crippen molar-refractivity contribution < 1.29 is 13.2 Å². The molecule has 0 aromatic carbocycles. The molecule has 5 heteroatoms. The van der Waals surface area contributed by atoms with Gasteiger partial charge >= 0.3 is 6.18 Å². The minimum Gasteiger partial charge on any atom is -0.402 e. The summed E-state index contributed by atoms with van der Waals surface area (Å²) < 4.78 is 37.0. The highest BCUT2D eigenvalue weighted by atomic mass is 35.5. The Morgan fingerprint density at radius 3 is 2.00 bits per heavy atom. The summed E-state index contributed by atoms with van der Waals surface area (Å²) in [5, 5.41) is -0.0536. The third-order valence-corrected chi connectivity index (χ3v) is 1.84. The van der Waals surface area contributed by atoms with E-state index in [1.165, 1.54) is 13.8 Å². The van der Waals surface area contributed by atoms with Crippen molar-refractivity contribution >= 4 is 11.6 Å². The van der Waals surface area contributed by atoms with Gasteiger partial charge in [0.2, 0.25) is 0 Å². The van der Waals surface area contributed by atoms with E-state index in [-0.39, 0.29) is 10.7 Å². The quantitative estimate of drug-likeness (QED) is 0.716. The van der Waals surface area contributed by atoms with E-state index < -0.39 is 11.7 Å². The molecule has 0 spiro atoms. The first-order valence-electron chi connectivity index (χ1n) is 3.73. The molecule has 0 unspecified atom stereocenters. The summed E-state index contributed by atoms with van der Waals surface area (Å²) in [6.45, 7) is 6.10. The molecule has 80 valence electrons. The van der Waals surface area contributed by atoms with Crippen molar-refractivity contribution in [1.29, 1.82) is 0 Å². The summed E-state index contributed by atoms with van der Waals surface area (Å²) in [6.07, 6.45) is -3.71. The zero-order chi connectivity index (χ0) is 11.5. The van der Waals surface area contributed by atoms with Gasteiger partial charge in [0.25, 0.3) is 0 Å². The first kappa shape index (κ1) is 13.1. The van der Waals surface area contributed by atoms with Crippen LogP contribution < -0.4 is 5.73 Å². The van der Waals surface area contributed by atoms with Crippen LogP contribution in [0.15, 0.2) is 34.5 Å². The number of nitrogens with two attached hydrogens (primary N) is 1. The lowest BCUT2D eigenvalue weighted by Gasteiger charge is -2.10. The van der Waals surface area contributed by atoms with Crippen LogP contribution in [-0.2, 0) is 0 Å². The largest absolute Gasteiger partial charge is 0.418 e. The number of hydrogen-bond donors (Lipinski definition) is 1. The summed E-state index contributed by atoms with van der Waals surface area (Å²) in [5.41, 5.74) is 4.19. The van der Waals surface area contributed by atoms with Gasteiger partial charge in [0.15, 0.2) is 0 Å². The van der Waals surface area contributed by atoms with Gasteiger partial charge in [-0.2, -0.15) is 13.2 Å². The van der Waals surface area contributed by atoms with E-state index in [0.29, 0.717) is 5.57 Å². The smallest absolute Gasteiger partial charge is 0.402 e. The second-order valence-electron chi connectivity index (χ2n) is 2.87. The van der Waals surface area contributed by atoms with Crippen molar-refractivity contribution in [3.8, 4) is 0 Å². The molecule has 0 aromatic heterocycles. The van der Waals surface area contributed by atoms with Crippen LogP contribution in [0.1, 0.15) is 13.8 Å². The second kappa shape index (κ2) is 4.55. The molecule has 2 N–H and O–H groups in total. The van der Waals surface area contributed by atoms with Crippen LogP contribution >= 0.6 is 11.6 Å². The first-order chi connectivity index (χ1) is 6.16. The Hall–Kier alpha value is -0.900. The normalized spacial score (nSPS) is 15.1. The maximum Gasteiger partial charge on any atom is 0.418 e. The molecule has 0 heterocycles. The Morgan fingerprint density at radius 1 is 1.36 bits per heavy atom. The number of hydrogen-bond acceptors (Lipinski definition) is 1. The lowest BCUT2D eigenvalue weighted by Crippen LogP contribution is -2.15. The van der Waals surface area contributed by atoms with Crippen LogP contribution in [0.25, 0.3) is 0 Å². The van der Waals surface area contributed by atoms with Gasteiger partial charge in [-0.15, -0.1) is 0 Å². The molecule has 0 radical (unpaired) electrons. The fourth-order valence-corrected chi connectivity index (χ4v) is 0.778. The molecule has 0 aromatic rings. The summed E-state index contributed by atoms with van der Waals surface area (Å²) >= 11 is 5.53. The van der Waals surface area contributed by atoms with E-state index in [9.17, 15) is 13.2 Å². The number of allylic oxidation sites excluding steroid dienone is 5. The van der Waals surface area contributed by atoms with Gasteiger partial charge in [-0.3, -0.25) is 0 Å². The van der Waals surface area contributed by atoms with Crippen molar-refractivity contribution in [3.05, 3.63) is 34.5 Å². The average Bonchev–Trinajstić information content (AvgIpc) is 1.96. The SMILES string of the molecule is C=C(C)/C(Cl)=C\C(=C(/C)N)C(F)(F)F. The summed E-state index contributed by atoms with van der Waals surface area (Å²) in [6, 6.07) is 0. The Bertz CT molecular complexity index is 296. The van der Waals surface area contributed by atoms with Gasteiger partial charge in [-0.25, -0.2) is 0 Å². The molecule has 0 amide bonds. The Morgan fingerprint density at radius 2 is 1.79 bits per heavy atom. The topological polar surface area (TPSA) is 26.0 Å². The molecular weight excluding hydrogens is 215 g/mol. The van der Waals surface area contributed by atoms with E-state index in [1.54, 1.807) is 0 Å². The van der Waals surface area contributed by atoms with E-state index in [4.69, 9.17) is 17.3 Å². The second-order valence-corrected chi connectivity index (χ2v) is 3.27. The fraction of sp³-hybridized carbons (Fsp3) is 0.333. The number of halogens is 4. The maximum absolute atomic E-state index is 12.3. The fourth-order valence-electron chi connectivity index (χ4n) is 0.669. The van der Waals surface area contributed by atoms with Crippen LogP contribution in [-0.4, -0.2) is 6.18 Å². The van der Waals surface area contributed by atoms with Crippen molar-refractivity contribution in [1.82, 2.24) is 0 Å². The number of rotatable bonds is 2. The molecule has 0 aliphatic heterocycles. The van der Waals surface area contributed by atoms with Gasteiger partial charge in [-0.05, 0) is 25.5 Å². The molecular formula is C9H11ClF3N. The monoisotopic (exact) mass is 225 g/mol. The highest BCUT2D eigenvalue weighted by molar-refractivity contribution is 6.32. The molecule has 14 heavy (non-hydrogen) atoms. The van der Waals surface area contributed by atoms with Gasteiger partial charge < -0.3 is 5.73 Å². The average molecular weight is 226 g/mol. The Kier molecular flexibility index (Phi) is 4.26. The van der Waals surface area contributed by atoms with Crippen molar-refractivity contribution in [2.24, 2.45) is 5.73 Å². The third kappa shape index (κ3) is 3.87. The van der Waals surface area contributed by atoms with Crippen molar-refractivity contribution in [3.63, 3.8) is 0 Å². The van der Waals surface area contributed by atoms with E-state index in [1.807, 2.05) is 0 Å². The van der Waals surface area contributed by atoms with E-state index in [2.05, 4.69) is 6.58 Å². The third-order valence-electron chi connectivity index (χ3n) is 1.41. The maximum atomic E-state index is 12.3. The number of alkyl halides is 3. The molecule has 0 atom stereocenters. The summed E-state index contributed by atoms with van der Waals surface area (Å²) in [5.74, 6) is 0. The van der Waals surface area contributed by atoms with Gasteiger partial charge in [0.1, 0.15) is 0 Å². The van der Waals surface area contributed by atoms with Crippen molar-refractivity contribution in [2.75, 3.05) is 0 Å². The van der Waals surface area contributed by atoms with E-state index >= 15 is 0 Å². The molecule has 0 aliphatic carbocycles. The summed E-state index contributed by atoms with van der Waals surface area (Å²) in [4.78, 5) is 0. The first-order valence-corrected chi connectivity index (χ1v) is 4.10. The molecule has 0 saturated heterocycles. The van der Waals surface area contributed by atoms with Crippen molar-refractivity contribution in [2.45, 2.75) is 20.0 Å². The molecule has 1 nitrogen and oxygen atoms in total. The molecule has 0 rings (SSSR count). The van der Waals surface area contributed by atoms with Crippen LogP contribution in [0.2, 0.25) is 0 Å². The standard InChI is InChI=1S/C9H11ClF3N/c1-5(2)8(10)4-7(6(3)14)9(11,12)13/h4H,1,14H2,2-3H3/b7-6-,8-4+. The van der Waals surface area contributed by atoms with Gasteiger partial charge in [0, 0.05) is 10.7 Å². The lowest BCUT2D eigenvalue weighted by atomic mass is 10.1. The van der Waals surface area contributed by atoms with Gasteiger partial charge in [-0.1, -0.05) is 18.2 Å². The molecule has 0 saturated carbocycles. The Balaban J connectivity index is 5.22. The zero-order valence-electron chi connectivity index (χ0n) is 7.87. The van der Waals surface area contributed by atoms with Crippen LogP contribution in [0, 0.1) is 0 Å². The highest BCUT2D eigenvalue weighted by Gasteiger charge is 2.33. The van der Waals surface area contributed by atoms with Gasteiger partial charge in [0.05, 0.1) is 5.57 Å². The van der Waals surface area contributed by atoms with Crippen LogP contribution in [0.3, 0.4) is 0 Å².